The molecule has 3 amide bonds. The number of nitrogens with zero attached hydrogens (tertiary/aromatic N) is 4. The van der Waals surface area contributed by atoms with Crippen LogP contribution < -0.4 is 10.6 Å². The topological polar surface area (TPSA) is 102 Å². The van der Waals surface area contributed by atoms with E-state index in [1.807, 2.05) is 6.07 Å². The van der Waals surface area contributed by atoms with Crippen LogP contribution in [0.1, 0.15) is 32.6 Å². The average molecular weight is 377 g/mol. The van der Waals surface area contributed by atoms with Gasteiger partial charge in [-0.05, 0) is 36.1 Å². The number of rotatable bonds is 4. The van der Waals surface area contributed by atoms with Crippen molar-refractivity contribution in [3.8, 4) is 11.4 Å². The number of aromatic nitrogens is 4. The quantitative estimate of drug-likeness (QED) is 0.853. The standard InChI is InChI=1S/C17H21ClN6O2/c1-11-6-2-5-9-14(11)19-17(26)20-15(25)10-24-22-16(21-23-24)12-7-3-4-8-13(12)18/h3-4,7-8,11,14H,2,5-6,9-10H2,1H3,(H2,19,20,25,26). The summed E-state index contributed by atoms with van der Waals surface area (Å²) in [5, 5.41) is 17.5. The maximum atomic E-state index is 12.0. The lowest BCUT2D eigenvalue weighted by Gasteiger charge is -2.29. The number of carbonyl (C=O) groups excluding carboxylic acids is 2. The van der Waals surface area contributed by atoms with Crippen LogP contribution in [0.25, 0.3) is 11.4 Å². The van der Waals surface area contributed by atoms with Gasteiger partial charge in [-0.25, -0.2) is 4.79 Å². The van der Waals surface area contributed by atoms with Crippen LogP contribution in [-0.4, -0.2) is 38.2 Å². The third-order valence-electron chi connectivity index (χ3n) is 4.53. The largest absolute Gasteiger partial charge is 0.335 e. The van der Waals surface area contributed by atoms with Crippen LogP contribution in [0.5, 0.6) is 0 Å². The fourth-order valence-corrected chi connectivity index (χ4v) is 3.31. The summed E-state index contributed by atoms with van der Waals surface area (Å²) in [5.41, 5.74) is 0.629. The zero-order chi connectivity index (χ0) is 18.5. The van der Waals surface area contributed by atoms with Crippen LogP contribution in [0.4, 0.5) is 4.79 Å². The van der Waals surface area contributed by atoms with Crippen molar-refractivity contribution in [3.63, 3.8) is 0 Å². The van der Waals surface area contributed by atoms with Gasteiger partial charge in [0.25, 0.3) is 5.91 Å². The molecule has 2 unspecified atom stereocenters. The van der Waals surface area contributed by atoms with Crippen LogP contribution in [0, 0.1) is 5.92 Å². The predicted molar refractivity (Wildman–Crippen MR) is 96.4 cm³/mol. The Hall–Kier alpha value is -2.48. The summed E-state index contributed by atoms with van der Waals surface area (Å²) in [6, 6.07) is 6.72. The summed E-state index contributed by atoms with van der Waals surface area (Å²) in [7, 11) is 0. The van der Waals surface area contributed by atoms with Gasteiger partial charge in [-0.15, -0.1) is 10.2 Å². The molecule has 0 radical (unpaired) electrons. The maximum absolute atomic E-state index is 12.0. The van der Waals surface area contributed by atoms with Gasteiger partial charge in [0.15, 0.2) is 0 Å². The number of nitrogens with one attached hydrogen (secondary N) is 2. The van der Waals surface area contributed by atoms with E-state index < -0.39 is 11.9 Å². The van der Waals surface area contributed by atoms with Gasteiger partial charge < -0.3 is 5.32 Å². The highest BCUT2D eigenvalue weighted by atomic mass is 35.5. The molecule has 3 rings (SSSR count). The van der Waals surface area contributed by atoms with Crippen molar-refractivity contribution in [2.75, 3.05) is 0 Å². The molecule has 1 aromatic heterocycles. The van der Waals surface area contributed by atoms with E-state index in [1.54, 1.807) is 18.2 Å². The molecule has 26 heavy (non-hydrogen) atoms. The van der Waals surface area contributed by atoms with E-state index in [9.17, 15) is 9.59 Å². The van der Waals surface area contributed by atoms with Crippen LogP contribution in [0.3, 0.4) is 0 Å². The Balaban J connectivity index is 1.54. The van der Waals surface area contributed by atoms with E-state index in [0.29, 0.717) is 22.3 Å². The van der Waals surface area contributed by atoms with Gasteiger partial charge in [0.05, 0.1) is 5.02 Å². The zero-order valence-corrected chi connectivity index (χ0v) is 15.2. The summed E-state index contributed by atoms with van der Waals surface area (Å²) in [4.78, 5) is 25.2. The molecular weight excluding hydrogens is 356 g/mol. The monoisotopic (exact) mass is 376 g/mol. The molecule has 0 saturated heterocycles. The highest BCUT2D eigenvalue weighted by Gasteiger charge is 2.23. The van der Waals surface area contributed by atoms with E-state index in [0.717, 1.165) is 24.1 Å². The lowest BCUT2D eigenvalue weighted by atomic mass is 9.86. The van der Waals surface area contributed by atoms with Crippen LogP contribution >= 0.6 is 11.6 Å². The normalized spacial score (nSPS) is 19.8. The van der Waals surface area contributed by atoms with Crippen LogP contribution in [0.2, 0.25) is 5.02 Å². The van der Waals surface area contributed by atoms with E-state index in [-0.39, 0.29) is 12.6 Å². The highest BCUT2D eigenvalue weighted by Crippen LogP contribution is 2.24. The lowest BCUT2D eigenvalue weighted by Crippen LogP contribution is -2.48. The van der Waals surface area contributed by atoms with Crippen LogP contribution in [0.15, 0.2) is 24.3 Å². The molecule has 1 fully saturated rings. The summed E-state index contributed by atoms with van der Waals surface area (Å²) < 4.78 is 0. The van der Waals surface area contributed by atoms with Crippen molar-refractivity contribution in [1.82, 2.24) is 30.8 Å². The molecule has 8 nitrogen and oxygen atoms in total. The number of tetrazole rings is 1. The Labute approximate surface area is 156 Å². The molecule has 1 aliphatic rings. The molecule has 1 aliphatic carbocycles. The first-order chi connectivity index (χ1) is 12.5. The van der Waals surface area contributed by atoms with E-state index >= 15 is 0 Å². The first-order valence-electron chi connectivity index (χ1n) is 8.66. The third-order valence-corrected chi connectivity index (χ3v) is 4.86. The minimum absolute atomic E-state index is 0.105. The average Bonchev–Trinajstić information content (AvgIpc) is 3.05. The minimum Gasteiger partial charge on any atom is -0.335 e. The molecular formula is C17H21ClN6O2. The van der Waals surface area contributed by atoms with Gasteiger partial charge in [-0.1, -0.05) is 43.5 Å². The molecule has 0 bridgehead atoms. The van der Waals surface area contributed by atoms with Gasteiger partial charge in [0.1, 0.15) is 6.54 Å². The van der Waals surface area contributed by atoms with Gasteiger partial charge in [-0.3, -0.25) is 10.1 Å². The number of hydrogen-bond acceptors (Lipinski definition) is 5. The number of hydrogen-bond donors (Lipinski definition) is 2. The van der Waals surface area contributed by atoms with Gasteiger partial charge in [-0.2, -0.15) is 4.80 Å². The Morgan fingerprint density at radius 1 is 1.27 bits per heavy atom. The zero-order valence-electron chi connectivity index (χ0n) is 14.5. The Kier molecular flexibility index (Phi) is 5.82. The molecule has 1 heterocycles. The van der Waals surface area contributed by atoms with E-state index in [1.165, 1.54) is 6.42 Å². The maximum Gasteiger partial charge on any atom is 0.321 e. The fraction of sp³-hybridized carbons (Fsp3) is 0.471. The second-order valence-electron chi connectivity index (χ2n) is 6.51. The fourth-order valence-electron chi connectivity index (χ4n) is 3.09. The van der Waals surface area contributed by atoms with E-state index in [2.05, 4.69) is 33.0 Å². The van der Waals surface area contributed by atoms with E-state index in [4.69, 9.17) is 11.6 Å². The molecule has 138 valence electrons. The molecule has 1 aromatic carbocycles. The first-order valence-corrected chi connectivity index (χ1v) is 9.04. The first kappa shape index (κ1) is 18.3. The number of urea groups is 1. The second-order valence-corrected chi connectivity index (χ2v) is 6.92. The highest BCUT2D eigenvalue weighted by molar-refractivity contribution is 6.33. The number of imide groups is 1. The minimum atomic E-state index is -0.505. The van der Waals surface area contributed by atoms with Crippen molar-refractivity contribution in [2.24, 2.45) is 5.92 Å². The molecule has 1 saturated carbocycles. The summed E-state index contributed by atoms with van der Waals surface area (Å²) in [6.45, 7) is 1.91. The van der Waals surface area contributed by atoms with Gasteiger partial charge in [0, 0.05) is 11.6 Å². The number of halogens is 1. The van der Waals surface area contributed by atoms with Gasteiger partial charge in [0.2, 0.25) is 5.82 Å². The lowest BCUT2D eigenvalue weighted by molar-refractivity contribution is -0.121. The molecule has 9 heteroatoms. The number of benzene rings is 1. The summed E-state index contributed by atoms with van der Waals surface area (Å²) >= 11 is 6.10. The molecule has 0 aliphatic heterocycles. The number of carbonyl (C=O) groups is 2. The predicted octanol–water partition coefficient (Wildman–Crippen LogP) is 2.40. The van der Waals surface area contributed by atoms with Gasteiger partial charge >= 0.3 is 6.03 Å². The van der Waals surface area contributed by atoms with Crippen molar-refractivity contribution >= 4 is 23.5 Å². The van der Waals surface area contributed by atoms with Crippen molar-refractivity contribution in [2.45, 2.75) is 45.2 Å². The van der Waals surface area contributed by atoms with Crippen molar-refractivity contribution in [3.05, 3.63) is 29.3 Å². The summed E-state index contributed by atoms with van der Waals surface area (Å²) in [5.74, 6) is 0.234. The third kappa shape index (κ3) is 4.57. The van der Waals surface area contributed by atoms with Crippen molar-refractivity contribution < 1.29 is 9.59 Å². The van der Waals surface area contributed by atoms with Crippen LogP contribution in [-0.2, 0) is 11.3 Å². The second kappa shape index (κ2) is 8.27. The number of amides is 3. The summed E-state index contributed by atoms with van der Waals surface area (Å²) in [6.07, 6.45) is 4.31. The van der Waals surface area contributed by atoms with Crippen molar-refractivity contribution in [1.29, 1.82) is 0 Å². The molecule has 2 N–H and O–H groups in total. The smallest absolute Gasteiger partial charge is 0.321 e. The molecule has 0 spiro atoms. The molecule has 2 atom stereocenters. The Morgan fingerprint density at radius 3 is 2.81 bits per heavy atom. The Bertz CT molecular complexity index is 793. The SMILES string of the molecule is CC1CCCCC1NC(=O)NC(=O)Cn1nnc(-c2ccccc2Cl)n1. The Morgan fingerprint density at radius 2 is 2.04 bits per heavy atom. The molecule has 2 aromatic rings.